The molecule has 1 nitrogen and oxygen atoms in total. The van der Waals surface area contributed by atoms with Gasteiger partial charge in [-0.25, -0.2) is 0 Å². The predicted molar refractivity (Wildman–Crippen MR) is 71.7 cm³/mol. The minimum absolute atomic E-state index is 0.0622. The summed E-state index contributed by atoms with van der Waals surface area (Å²) in [5.41, 5.74) is 0.669. The minimum atomic E-state index is -4.15. The van der Waals surface area contributed by atoms with Crippen LogP contribution < -0.4 is 0 Å². The van der Waals surface area contributed by atoms with Crippen LogP contribution in [0, 0.1) is 3.57 Å². The van der Waals surface area contributed by atoms with Crippen LogP contribution in [0.5, 0.6) is 0 Å². The Morgan fingerprint density at radius 3 is 2.59 bits per heavy atom. The quantitative estimate of drug-likeness (QED) is 0.689. The van der Waals surface area contributed by atoms with Gasteiger partial charge in [0.1, 0.15) is 0 Å². The zero-order chi connectivity index (χ0) is 13.1. The van der Waals surface area contributed by atoms with Gasteiger partial charge in [0.25, 0.3) is 0 Å². The summed E-state index contributed by atoms with van der Waals surface area (Å²) in [5, 5.41) is 9.83. The molecule has 96 valence electrons. The van der Waals surface area contributed by atoms with E-state index in [1.54, 1.807) is 6.07 Å². The van der Waals surface area contributed by atoms with Gasteiger partial charge in [-0.05, 0) is 59.2 Å². The third-order valence-corrected chi connectivity index (χ3v) is 3.73. The number of rotatable bonds is 4. The third kappa shape index (κ3) is 5.56. The van der Waals surface area contributed by atoms with E-state index in [-0.39, 0.29) is 12.8 Å². The van der Waals surface area contributed by atoms with E-state index in [2.05, 4.69) is 38.5 Å². The number of aliphatic hydroxyl groups excluding tert-OH is 1. The molecule has 1 rings (SSSR count). The van der Waals surface area contributed by atoms with Crippen molar-refractivity contribution in [1.29, 1.82) is 0 Å². The number of alkyl halides is 3. The zero-order valence-corrected chi connectivity index (χ0v) is 12.5. The number of aliphatic hydroxyl groups is 1. The number of halogens is 5. The van der Waals surface area contributed by atoms with Crippen LogP contribution in [0.15, 0.2) is 22.7 Å². The summed E-state index contributed by atoms with van der Waals surface area (Å²) in [6.07, 6.45) is -5.79. The summed E-state index contributed by atoms with van der Waals surface area (Å²) in [5.74, 6) is 0. The van der Waals surface area contributed by atoms with Crippen LogP contribution >= 0.6 is 38.5 Å². The van der Waals surface area contributed by atoms with Gasteiger partial charge in [-0.1, -0.05) is 15.9 Å². The van der Waals surface area contributed by atoms with Crippen molar-refractivity contribution in [1.82, 2.24) is 0 Å². The van der Waals surface area contributed by atoms with E-state index in [0.29, 0.717) is 5.56 Å². The highest BCUT2D eigenvalue weighted by molar-refractivity contribution is 14.1. The molecular weight excluding hydrogens is 412 g/mol. The van der Waals surface area contributed by atoms with Gasteiger partial charge in [-0.2, -0.15) is 13.2 Å². The smallest absolute Gasteiger partial charge is 0.388 e. The average Bonchev–Trinajstić information content (AvgIpc) is 2.19. The van der Waals surface area contributed by atoms with Gasteiger partial charge < -0.3 is 5.11 Å². The Balaban J connectivity index is 2.58. The number of hydrogen-bond acceptors (Lipinski definition) is 1. The molecule has 0 radical (unpaired) electrons. The molecule has 0 bridgehead atoms. The van der Waals surface area contributed by atoms with Gasteiger partial charge in [0.2, 0.25) is 0 Å². The largest absolute Gasteiger partial charge is 0.389 e. The molecule has 0 amide bonds. The summed E-state index contributed by atoms with van der Waals surface area (Å²) in [4.78, 5) is 0. The maximum absolute atomic E-state index is 12.0. The van der Waals surface area contributed by atoms with E-state index in [1.165, 1.54) is 0 Å². The predicted octanol–water partition coefficient (Wildman–Crippen LogP) is 4.82. The molecule has 0 saturated carbocycles. The third-order valence-electron chi connectivity index (χ3n) is 2.25. The van der Waals surface area contributed by atoms with Gasteiger partial charge in [-0.3, -0.25) is 0 Å². The monoisotopic (exact) mass is 422 g/mol. The lowest BCUT2D eigenvalue weighted by Crippen LogP contribution is -2.08. The maximum Gasteiger partial charge on any atom is 0.389 e. The van der Waals surface area contributed by atoms with Crippen LogP contribution in [0.3, 0.4) is 0 Å². The summed E-state index contributed by atoms with van der Waals surface area (Å²) in [6, 6.07) is 5.38. The maximum atomic E-state index is 12.0. The van der Waals surface area contributed by atoms with Crippen LogP contribution in [0.4, 0.5) is 13.2 Å². The first-order chi connectivity index (χ1) is 7.79. The highest BCUT2D eigenvalue weighted by Crippen LogP contribution is 2.29. The van der Waals surface area contributed by atoms with E-state index in [4.69, 9.17) is 0 Å². The molecule has 0 spiro atoms. The Morgan fingerprint density at radius 2 is 2.00 bits per heavy atom. The molecular formula is C11H11BrF3IO. The van der Waals surface area contributed by atoms with Crippen molar-refractivity contribution in [2.45, 2.75) is 31.5 Å². The highest BCUT2D eigenvalue weighted by atomic mass is 127. The van der Waals surface area contributed by atoms with Gasteiger partial charge in [0.05, 0.1) is 6.10 Å². The molecule has 17 heavy (non-hydrogen) atoms. The molecule has 0 saturated heterocycles. The molecule has 0 fully saturated rings. The van der Waals surface area contributed by atoms with E-state index < -0.39 is 18.7 Å². The summed E-state index contributed by atoms with van der Waals surface area (Å²) < 4.78 is 37.5. The lowest BCUT2D eigenvalue weighted by Gasteiger charge is -2.14. The summed E-state index contributed by atoms with van der Waals surface area (Å²) in [7, 11) is 0. The van der Waals surface area contributed by atoms with Crippen LogP contribution in [0.2, 0.25) is 0 Å². The Labute approximate surface area is 120 Å². The van der Waals surface area contributed by atoms with Crippen molar-refractivity contribution < 1.29 is 18.3 Å². The fourth-order valence-corrected chi connectivity index (χ4v) is 2.50. The van der Waals surface area contributed by atoms with Crippen molar-refractivity contribution in [3.05, 3.63) is 31.8 Å². The van der Waals surface area contributed by atoms with Crippen molar-refractivity contribution in [3.63, 3.8) is 0 Å². The molecule has 0 aliphatic rings. The zero-order valence-electron chi connectivity index (χ0n) is 8.77. The fourth-order valence-electron chi connectivity index (χ4n) is 1.42. The van der Waals surface area contributed by atoms with Gasteiger partial charge in [0, 0.05) is 14.5 Å². The van der Waals surface area contributed by atoms with Crippen molar-refractivity contribution >= 4 is 38.5 Å². The number of benzene rings is 1. The first-order valence-electron chi connectivity index (χ1n) is 4.99. The fraction of sp³-hybridized carbons (Fsp3) is 0.455. The summed E-state index contributed by atoms with van der Waals surface area (Å²) in [6.45, 7) is 0. The van der Waals surface area contributed by atoms with Crippen LogP contribution in [0.25, 0.3) is 0 Å². The van der Waals surface area contributed by atoms with Gasteiger partial charge in [0.15, 0.2) is 0 Å². The molecule has 1 aromatic rings. The SMILES string of the molecule is OC(CCCC(F)(F)F)c1cc(Br)ccc1I. The molecule has 0 aliphatic heterocycles. The average molecular weight is 423 g/mol. The lowest BCUT2D eigenvalue weighted by molar-refractivity contribution is -0.136. The molecule has 1 aromatic carbocycles. The Hall–Kier alpha value is 0.180. The topological polar surface area (TPSA) is 20.2 Å². The second-order valence-electron chi connectivity index (χ2n) is 3.69. The standard InChI is InChI=1S/C11H11BrF3IO/c12-7-3-4-9(16)8(6-7)10(17)2-1-5-11(13,14)15/h3-4,6,10,17H,1-2,5H2. The van der Waals surface area contributed by atoms with Crippen LogP contribution in [0.1, 0.15) is 30.9 Å². The second kappa shape index (κ2) is 6.38. The van der Waals surface area contributed by atoms with E-state index in [9.17, 15) is 18.3 Å². The van der Waals surface area contributed by atoms with Crippen LogP contribution in [-0.2, 0) is 0 Å². The molecule has 0 aliphatic carbocycles. The molecule has 1 unspecified atom stereocenters. The van der Waals surface area contributed by atoms with Crippen molar-refractivity contribution in [2.75, 3.05) is 0 Å². The first kappa shape index (κ1) is 15.2. The Kier molecular flexibility index (Phi) is 5.72. The molecule has 1 N–H and O–H groups in total. The van der Waals surface area contributed by atoms with E-state index >= 15 is 0 Å². The van der Waals surface area contributed by atoms with Crippen LogP contribution in [-0.4, -0.2) is 11.3 Å². The number of hydrogen-bond donors (Lipinski definition) is 1. The van der Waals surface area contributed by atoms with Crippen molar-refractivity contribution in [2.24, 2.45) is 0 Å². The lowest BCUT2D eigenvalue weighted by atomic mass is 10.0. The molecule has 6 heteroatoms. The Bertz CT molecular complexity index is 381. The highest BCUT2D eigenvalue weighted by Gasteiger charge is 2.26. The van der Waals surface area contributed by atoms with Gasteiger partial charge in [-0.15, -0.1) is 0 Å². The minimum Gasteiger partial charge on any atom is -0.388 e. The summed E-state index contributed by atoms with van der Waals surface area (Å²) >= 11 is 5.33. The van der Waals surface area contributed by atoms with Gasteiger partial charge >= 0.3 is 6.18 Å². The molecule has 0 aromatic heterocycles. The molecule has 0 heterocycles. The molecule has 1 atom stereocenters. The normalized spacial score (nSPS) is 13.8. The van der Waals surface area contributed by atoms with E-state index in [1.807, 2.05) is 12.1 Å². The first-order valence-corrected chi connectivity index (χ1v) is 6.86. The Morgan fingerprint density at radius 1 is 1.35 bits per heavy atom. The van der Waals surface area contributed by atoms with E-state index in [0.717, 1.165) is 8.04 Å². The van der Waals surface area contributed by atoms with Crippen molar-refractivity contribution in [3.8, 4) is 0 Å². The second-order valence-corrected chi connectivity index (χ2v) is 5.77.